The Labute approximate surface area is 208 Å². The number of amides is 3. The number of nitrogens with zero attached hydrogens (tertiary/aromatic N) is 2. The Kier molecular flexibility index (Phi) is 5.95. The van der Waals surface area contributed by atoms with Crippen molar-refractivity contribution in [2.24, 2.45) is 11.8 Å². The van der Waals surface area contributed by atoms with Crippen molar-refractivity contribution in [3.8, 4) is 5.75 Å². The SMILES string of the molecule is O=C(c1cc(Br)c(O)c(Br)c1)[C@@H]1C[C@H]1C(=O)N1CCC(N2Cc3ccccc3NC2=O)CC1. The van der Waals surface area contributed by atoms with Crippen LogP contribution in [0.3, 0.4) is 0 Å². The summed E-state index contributed by atoms with van der Waals surface area (Å²) in [6.45, 7) is 1.75. The minimum Gasteiger partial charge on any atom is -0.506 e. The van der Waals surface area contributed by atoms with Crippen LogP contribution in [0.4, 0.5) is 10.5 Å². The molecule has 2 aromatic rings. The summed E-state index contributed by atoms with van der Waals surface area (Å²) in [5, 5.41) is 12.8. The lowest BCUT2D eigenvalue weighted by Crippen LogP contribution is -2.51. The molecule has 33 heavy (non-hydrogen) atoms. The number of Topliss-reactive ketones (excluding diaryl/α,β-unsaturated/α-hetero) is 1. The zero-order valence-corrected chi connectivity index (χ0v) is 20.9. The Balaban J connectivity index is 1.17. The number of aromatic hydroxyl groups is 1. The molecule has 2 N–H and O–H groups in total. The van der Waals surface area contributed by atoms with E-state index in [4.69, 9.17) is 0 Å². The number of fused-ring (bicyclic) bond motifs is 1. The van der Waals surface area contributed by atoms with Crippen molar-refractivity contribution in [3.05, 3.63) is 56.5 Å². The molecule has 172 valence electrons. The molecule has 1 saturated carbocycles. The molecule has 7 nitrogen and oxygen atoms in total. The van der Waals surface area contributed by atoms with Gasteiger partial charge in [0.1, 0.15) is 5.75 Å². The number of rotatable bonds is 4. The third kappa shape index (κ3) is 4.28. The fourth-order valence-corrected chi connectivity index (χ4v) is 6.02. The van der Waals surface area contributed by atoms with Crippen molar-refractivity contribution >= 4 is 55.3 Å². The van der Waals surface area contributed by atoms with Gasteiger partial charge in [0.15, 0.2) is 5.78 Å². The number of carbonyl (C=O) groups excluding carboxylic acids is 3. The molecular weight excluding hydrogens is 554 g/mol. The maximum atomic E-state index is 13.0. The lowest BCUT2D eigenvalue weighted by atomic mass is 10.00. The van der Waals surface area contributed by atoms with Crippen LogP contribution in [0, 0.1) is 11.8 Å². The molecule has 1 aliphatic carbocycles. The van der Waals surface area contributed by atoms with Crippen LogP contribution in [0.25, 0.3) is 0 Å². The van der Waals surface area contributed by atoms with E-state index in [-0.39, 0.29) is 41.3 Å². The van der Waals surface area contributed by atoms with Crippen LogP contribution in [0.1, 0.15) is 35.2 Å². The number of urea groups is 1. The van der Waals surface area contributed by atoms with Crippen molar-refractivity contribution < 1.29 is 19.5 Å². The molecule has 2 heterocycles. The molecule has 9 heteroatoms. The monoisotopic (exact) mass is 575 g/mol. The van der Waals surface area contributed by atoms with E-state index < -0.39 is 0 Å². The number of phenols is 1. The Morgan fingerprint density at radius 3 is 2.39 bits per heavy atom. The maximum absolute atomic E-state index is 13.0. The number of phenolic OH excluding ortho intramolecular Hbond substituents is 1. The summed E-state index contributed by atoms with van der Waals surface area (Å²) < 4.78 is 0.880. The largest absolute Gasteiger partial charge is 0.506 e. The van der Waals surface area contributed by atoms with E-state index in [1.807, 2.05) is 34.1 Å². The van der Waals surface area contributed by atoms with Crippen LogP contribution in [0.5, 0.6) is 5.75 Å². The fourth-order valence-electron chi connectivity index (χ4n) is 4.83. The molecule has 0 radical (unpaired) electrons. The number of benzene rings is 2. The highest BCUT2D eigenvalue weighted by molar-refractivity contribution is 9.11. The number of hydrogen-bond acceptors (Lipinski definition) is 4. The first-order valence-corrected chi connectivity index (χ1v) is 12.6. The van der Waals surface area contributed by atoms with Gasteiger partial charge in [-0.25, -0.2) is 4.79 Å². The maximum Gasteiger partial charge on any atom is 0.322 e. The molecule has 2 aromatic carbocycles. The molecule has 0 spiro atoms. The number of carbonyl (C=O) groups is 3. The number of para-hydroxylation sites is 1. The number of halogens is 2. The molecule has 2 atom stereocenters. The summed E-state index contributed by atoms with van der Waals surface area (Å²) in [7, 11) is 0. The van der Waals surface area contributed by atoms with Gasteiger partial charge in [0.05, 0.1) is 8.95 Å². The predicted octanol–water partition coefficient (Wildman–Crippen LogP) is 4.77. The zero-order valence-electron chi connectivity index (χ0n) is 17.8. The number of anilines is 1. The average molecular weight is 577 g/mol. The van der Waals surface area contributed by atoms with E-state index in [2.05, 4.69) is 37.2 Å². The van der Waals surface area contributed by atoms with E-state index in [0.717, 1.165) is 24.1 Å². The summed E-state index contributed by atoms with van der Waals surface area (Å²) in [6.07, 6.45) is 2.01. The summed E-state index contributed by atoms with van der Waals surface area (Å²) in [5.41, 5.74) is 2.44. The molecule has 1 saturated heterocycles. The first-order valence-electron chi connectivity index (χ1n) is 11.0. The summed E-state index contributed by atoms with van der Waals surface area (Å²) in [4.78, 5) is 42.2. The molecule has 0 aromatic heterocycles. The van der Waals surface area contributed by atoms with E-state index in [1.54, 1.807) is 12.1 Å². The van der Waals surface area contributed by atoms with Crippen molar-refractivity contribution in [3.63, 3.8) is 0 Å². The minimum absolute atomic E-state index is 0.0251. The molecule has 5 rings (SSSR count). The van der Waals surface area contributed by atoms with Crippen LogP contribution >= 0.6 is 31.9 Å². The molecule has 2 fully saturated rings. The van der Waals surface area contributed by atoms with Gasteiger partial charge in [-0.15, -0.1) is 0 Å². The summed E-state index contributed by atoms with van der Waals surface area (Å²) in [6, 6.07) is 11.0. The molecule has 3 amide bonds. The highest BCUT2D eigenvalue weighted by Gasteiger charge is 2.50. The zero-order chi connectivity index (χ0) is 23.3. The lowest BCUT2D eigenvalue weighted by Gasteiger charge is -2.40. The molecular formula is C24H23Br2N3O4. The third-order valence-electron chi connectivity index (χ3n) is 6.82. The Bertz CT molecular complexity index is 1120. The molecule has 0 bridgehead atoms. The van der Waals surface area contributed by atoms with Gasteiger partial charge in [-0.2, -0.15) is 0 Å². The van der Waals surface area contributed by atoms with Gasteiger partial charge < -0.3 is 20.2 Å². The molecule has 3 aliphatic rings. The van der Waals surface area contributed by atoms with Gasteiger partial charge in [0.2, 0.25) is 5.91 Å². The second-order valence-electron chi connectivity index (χ2n) is 8.87. The van der Waals surface area contributed by atoms with Crippen LogP contribution in [-0.4, -0.2) is 51.8 Å². The first kappa shape index (κ1) is 22.4. The van der Waals surface area contributed by atoms with Crippen molar-refractivity contribution in [2.75, 3.05) is 18.4 Å². The highest BCUT2D eigenvalue weighted by Crippen LogP contribution is 2.44. The fraction of sp³-hybridized carbons (Fsp3) is 0.375. The van der Waals surface area contributed by atoms with Crippen LogP contribution in [-0.2, 0) is 11.3 Å². The van der Waals surface area contributed by atoms with Gasteiger partial charge in [-0.3, -0.25) is 9.59 Å². The quantitative estimate of drug-likeness (QED) is 0.513. The van der Waals surface area contributed by atoms with Crippen LogP contribution < -0.4 is 5.32 Å². The Morgan fingerprint density at radius 2 is 1.70 bits per heavy atom. The second-order valence-corrected chi connectivity index (χ2v) is 10.6. The normalized spacial score (nSPS) is 22.5. The second kappa shape index (κ2) is 8.76. The number of piperidine rings is 1. The van der Waals surface area contributed by atoms with Crippen molar-refractivity contribution in [1.82, 2.24) is 9.80 Å². The number of hydrogen-bond donors (Lipinski definition) is 2. The van der Waals surface area contributed by atoms with Gasteiger partial charge in [0, 0.05) is 48.8 Å². The summed E-state index contributed by atoms with van der Waals surface area (Å²) >= 11 is 6.51. The van der Waals surface area contributed by atoms with Gasteiger partial charge >= 0.3 is 6.03 Å². The highest BCUT2D eigenvalue weighted by atomic mass is 79.9. The average Bonchev–Trinajstić information content (AvgIpc) is 3.62. The van der Waals surface area contributed by atoms with Gasteiger partial charge in [0.25, 0.3) is 0 Å². The topological polar surface area (TPSA) is 89.9 Å². The van der Waals surface area contributed by atoms with Gasteiger partial charge in [-0.05, 0) is 74.9 Å². The first-order chi connectivity index (χ1) is 15.8. The standard InChI is InChI=1S/C24H23Br2N3O4/c25-18-9-14(10-19(26)22(18)31)21(30)16-11-17(16)23(32)28-7-5-15(6-8-28)29-12-13-3-1-2-4-20(13)27-24(29)33/h1-4,9-10,15-17,31H,5-8,11-12H2,(H,27,33)/t16-,17-/m1/s1. The lowest BCUT2D eigenvalue weighted by molar-refractivity contribution is -0.134. The number of ketones is 1. The number of likely N-dealkylation sites (tertiary alicyclic amines) is 1. The predicted molar refractivity (Wildman–Crippen MR) is 130 cm³/mol. The van der Waals surface area contributed by atoms with Crippen LogP contribution in [0.2, 0.25) is 0 Å². The van der Waals surface area contributed by atoms with E-state index in [1.165, 1.54) is 0 Å². The molecule has 2 aliphatic heterocycles. The minimum atomic E-state index is -0.317. The van der Waals surface area contributed by atoms with Crippen molar-refractivity contribution in [2.45, 2.75) is 31.8 Å². The Hall–Kier alpha value is -2.39. The van der Waals surface area contributed by atoms with Crippen LogP contribution in [0.15, 0.2) is 45.3 Å². The Morgan fingerprint density at radius 1 is 1.03 bits per heavy atom. The third-order valence-corrected chi connectivity index (χ3v) is 8.03. The van der Waals surface area contributed by atoms with Crippen molar-refractivity contribution in [1.29, 1.82) is 0 Å². The van der Waals surface area contributed by atoms with E-state index in [9.17, 15) is 19.5 Å². The van der Waals surface area contributed by atoms with E-state index >= 15 is 0 Å². The smallest absolute Gasteiger partial charge is 0.322 e. The van der Waals surface area contributed by atoms with E-state index in [0.29, 0.717) is 40.6 Å². The molecule has 0 unspecified atom stereocenters. The number of nitrogens with one attached hydrogen (secondary N) is 1. The summed E-state index contributed by atoms with van der Waals surface area (Å²) in [5.74, 6) is -0.609. The van der Waals surface area contributed by atoms with Gasteiger partial charge in [-0.1, -0.05) is 18.2 Å².